The molecule has 0 unspecified atom stereocenters. The summed E-state index contributed by atoms with van der Waals surface area (Å²) in [6, 6.07) is 0. The van der Waals surface area contributed by atoms with Crippen LogP contribution in [-0.2, 0) is 23.9 Å². The summed E-state index contributed by atoms with van der Waals surface area (Å²) >= 11 is 0. The summed E-state index contributed by atoms with van der Waals surface area (Å²) in [7, 11) is 3.83. The van der Waals surface area contributed by atoms with Crippen LogP contribution in [0.2, 0.25) is 0 Å². The molecule has 0 spiro atoms. The predicted molar refractivity (Wildman–Crippen MR) is 162 cm³/mol. The minimum absolute atomic E-state index is 0.0281. The standard InChI is InChI=1S/C32H48N4O6/c1-18-14-21(4)28(38)22(5)16-23(6)30(42-32(33)41)19(2)10-9-11-20(3)31(40)35-25-17-26(37)27(24(15-18)29(25)39)34-12-13-36(7)8/h11,16-19,21-22,30,34H,9-10,12-15H2,1-8H3,(H2,33,41)(H,35,40)/b20-11+,23-16+/t18-,19-,21-,22-,30+/m0/s1. The minimum Gasteiger partial charge on any atom is -0.442 e. The Hall–Kier alpha value is -3.53. The zero-order chi connectivity index (χ0) is 31.7. The first kappa shape index (κ1) is 34.7. The van der Waals surface area contributed by atoms with Gasteiger partial charge >= 0.3 is 6.09 Å². The van der Waals surface area contributed by atoms with Crippen molar-refractivity contribution in [2.24, 2.45) is 29.4 Å². The third kappa shape index (κ3) is 9.79. The number of nitrogens with zero attached hydrogens (tertiary/aromatic N) is 1. The summed E-state index contributed by atoms with van der Waals surface area (Å²) < 4.78 is 5.44. The lowest BCUT2D eigenvalue weighted by Crippen LogP contribution is -2.37. The molecule has 10 heteroatoms. The van der Waals surface area contributed by atoms with E-state index in [-0.39, 0.29) is 47.1 Å². The van der Waals surface area contributed by atoms with Gasteiger partial charge in [0, 0.05) is 42.1 Å². The Kier molecular flexibility index (Phi) is 12.9. The van der Waals surface area contributed by atoms with E-state index in [1.54, 1.807) is 13.0 Å². The first-order valence-corrected chi connectivity index (χ1v) is 14.7. The fraction of sp³-hybridized carbons (Fsp3) is 0.594. The molecular weight excluding hydrogens is 536 g/mol. The SMILES string of the molecule is C/C1=C\CC[C@H](C)[C@@H](OC(N)=O)/C(C)=C/[C@H](C)C(=O)[C@@H](C)C[C@H](C)CC2=C(NCCN(C)C)C(=O)C=C(NC1=O)C2=O. The predicted octanol–water partition coefficient (Wildman–Crippen LogP) is 3.59. The number of amides is 2. The van der Waals surface area contributed by atoms with E-state index in [0.29, 0.717) is 43.5 Å². The van der Waals surface area contributed by atoms with Crippen LogP contribution in [0.25, 0.3) is 0 Å². The smallest absolute Gasteiger partial charge is 0.405 e. The van der Waals surface area contributed by atoms with Crippen molar-refractivity contribution in [2.75, 3.05) is 27.2 Å². The van der Waals surface area contributed by atoms with E-state index in [2.05, 4.69) is 10.6 Å². The second kappa shape index (κ2) is 15.6. The van der Waals surface area contributed by atoms with Gasteiger partial charge in [-0.1, -0.05) is 39.8 Å². The van der Waals surface area contributed by atoms with Crippen molar-refractivity contribution in [1.29, 1.82) is 0 Å². The number of carbonyl (C=O) groups is 5. The topological polar surface area (TPSA) is 148 Å². The summed E-state index contributed by atoms with van der Waals surface area (Å²) in [5, 5.41) is 5.78. The number of ether oxygens (including phenoxy) is 1. The molecular formula is C32H48N4O6. The Bertz CT molecular complexity index is 1200. The van der Waals surface area contributed by atoms with Crippen LogP contribution in [0.3, 0.4) is 0 Å². The number of nitrogens with one attached hydrogen (secondary N) is 2. The summed E-state index contributed by atoms with van der Waals surface area (Å²) in [4.78, 5) is 66.8. The van der Waals surface area contributed by atoms with Crippen molar-refractivity contribution >= 4 is 29.4 Å². The number of nitrogens with two attached hydrogens (primary N) is 1. The Labute approximate surface area is 249 Å². The van der Waals surface area contributed by atoms with Gasteiger partial charge in [0.25, 0.3) is 5.91 Å². The molecule has 0 fully saturated rings. The highest BCUT2D eigenvalue weighted by atomic mass is 16.6. The highest BCUT2D eigenvalue weighted by Gasteiger charge is 2.32. The van der Waals surface area contributed by atoms with Crippen molar-refractivity contribution in [3.8, 4) is 0 Å². The summed E-state index contributed by atoms with van der Waals surface area (Å²) in [5.74, 6) is -2.23. The van der Waals surface area contributed by atoms with Gasteiger partial charge in [0.2, 0.25) is 11.6 Å². The number of allylic oxidation sites excluding steroid dienone is 4. The number of likely N-dealkylation sites (N-methyl/N-ethyl adjacent to an activating group) is 1. The Balaban J connectivity index is 2.49. The fourth-order valence-corrected chi connectivity index (χ4v) is 5.56. The summed E-state index contributed by atoms with van der Waals surface area (Å²) in [6.07, 6.45) is 5.07. The number of primary amides is 1. The lowest BCUT2D eigenvalue weighted by Gasteiger charge is -2.26. The van der Waals surface area contributed by atoms with Crippen molar-refractivity contribution < 1.29 is 28.7 Å². The third-order valence-corrected chi connectivity index (χ3v) is 7.85. The molecule has 0 aromatic carbocycles. The average molecular weight is 585 g/mol. The molecule has 0 aromatic heterocycles. The van der Waals surface area contributed by atoms with Crippen LogP contribution in [0.5, 0.6) is 0 Å². The van der Waals surface area contributed by atoms with E-state index < -0.39 is 29.8 Å². The molecule has 42 heavy (non-hydrogen) atoms. The normalized spacial score (nSPS) is 29.7. The van der Waals surface area contributed by atoms with Crippen molar-refractivity contribution in [1.82, 2.24) is 15.5 Å². The molecule has 0 aromatic rings. The van der Waals surface area contributed by atoms with E-state index in [1.807, 2.05) is 59.7 Å². The van der Waals surface area contributed by atoms with Crippen molar-refractivity contribution in [3.05, 3.63) is 46.3 Å². The van der Waals surface area contributed by atoms with Crippen LogP contribution in [0.15, 0.2) is 46.3 Å². The lowest BCUT2D eigenvalue weighted by molar-refractivity contribution is -0.125. The second-order valence-corrected chi connectivity index (χ2v) is 12.1. The molecule has 0 radical (unpaired) electrons. The number of Topliss-reactive ketones (excluding diaryl/α,β-unsaturated/α-hetero) is 2. The molecule has 1 aliphatic heterocycles. The molecule has 4 N–H and O–H groups in total. The van der Waals surface area contributed by atoms with Gasteiger partial charge in [-0.2, -0.15) is 0 Å². The van der Waals surface area contributed by atoms with Crippen LogP contribution in [-0.4, -0.2) is 67.5 Å². The van der Waals surface area contributed by atoms with Crippen LogP contribution in [0, 0.1) is 23.7 Å². The Morgan fingerprint density at radius 1 is 1.12 bits per heavy atom. The first-order valence-electron chi connectivity index (χ1n) is 14.7. The third-order valence-electron chi connectivity index (χ3n) is 7.85. The van der Waals surface area contributed by atoms with E-state index >= 15 is 0 Å². The van der Waals surface area contributed by atoms with Crippen molar-refractivity contribution in [3.63, 3.8) is 0 Å². The van der Waals surface area contributed by atoms with E-state index in [1.165, 1.54) is 6.08 Å². The largest absolute Gasteiger partial charge is 0.442 e. The molecule has 10 nitrogen and oxygen atoms in total. The molecule has 0 saturated carbocycles. The Morgan fingerprint density at radius 3 is 2.40 bits per heavy atom. The zero-order valence-electron chi connectivity index (χ0n) is 26.3. The van der Waals surface area contributed by atoms with Gasteiger partial charge in [-0.15, -0.1) is 0 Å². The molecule has 1 aliphatic carbocycles. The average Bonchev–Trinajstić information content (AvgIpc) is 2.89. The summed E-state index contributed by atoms with van der Waals surface area (Å²) in [6.45, 7) is 12.1. The first-order chi connectivity index (χ1) is 19.6. The van der Waals surface area contributed by atoms with E-state index in [9.17, 15) is 24.0 Å². The highest BCUT2D eigenvalue weighted by Crippen LogP contribution is 2.29. The van der Waals surface area contributed by atoms with Gasteiger partial charge in [0.1, 0.15) is 11.9 Å². The van der Waals surface area contributed by atoms with Crippen LogP contribution >= 0.6 is 0 Å². The fourth-order valence-electron chi connectivity index (χ4n) is 5.56. The molecule has 2 aliphatic rings. The van der Waals surface area contributed by atoms with Crippen LogP contribution in [0.4, 0.5) is 4.79 Å². The molecule has 2 bridgehead atoms. The van der Waals surface area contributed by atoms with Gasteiger partial charge < -0.3 is 26.0 Å². The highest BCUT2D eigenvalue weighted by molar-refractivity contribution is 6.23. The maximum atomic E-state index is 13.6. The number of hydrogen-bond donors (Lipinski definition) is 3. The molecule has 2 rings (SSSR count). The monoisotopic (exact) mass is 584 g/mol. The van der Waals surface area contributed by atoms with E-state index in [0.717, 1.165) is 5.57 Å². The maximum Gasteiger partial charge on any atom is 0.405 e. The van der Waals surface area contributed by atoms with Gasteiger partial charge in [-0.25, -0.2) is 4.79 Å². The zero-order valence-corrected chi connectivity index (χ0v) is 26.3. The molecule has 2 amide bonds. The van der Waals surface area contributed by atoms with Gasteiger partial charge in [-0.3, -0.25) is 19.2 Å². The molecule has 1 heterocycles. The molecule has 5 atom stereocenters. The number of rotatable bonds is 5. The number of ketones is 3. The Morgan fingerprint density at radius 2 is 1.79 bits per heavy atom. The van der Waals surface area contributed by atoms with E-state index in [4.69, 9.17) is 10.5 Å². The van der Waals surface area contributed by atoms with Crippen molar-refractivity contribution in [2.45, 2.75) is 73.3 Å². The van der Waals surface area contributed by atoms with Gasteiger partial charge in [0.05, 0.1) is 11.4 Å². The minimum atomic E-state index is -0.895. The molecule has 232 valence electrons. The van der Waals surface area contributed by atoms with Gasteiger partial charge in [-0.05, 0) is 71.0 Å². The van der Waals surface area contributed by atoms with Crippen LogP contribution < -0.4 is 16.4 Å². The number of hydrogen-bond acceptors (Lipinski definition) is 8. The number of carbonyl (C=O) groups excluding carboxylic acids is 5. The number of fused-ring (bicyclic) bond motifs is 2. The second-order valence-electron chi connectivity index (χ2n) is 12.1. The lowest BCUT2D eigenvalue weighted by atomic mass is 9.82. The van der Waals surface area contributed by atoms with Gasteiger partial charge in [0.15, 0.2) is 0 Å². The quantitative estimate of drug-likeness (QED) is 0.328. The maximum absolute atomic E-state index is 13.6. The molecule has 0 saturated heterocycles. The van der Waals surface area contributed by atoms with Crippen LogP contribution in [0.1, 0.15) is 67.2 Å². The summed E-state index contributed by atoms with van der Waals surface area (Å²) in [5.41, 5.74) is 6.98.